The summed E-state index contributed by atoms with van der Waals surface area (Å²) in [5, 5.41) is 3.52. The number of amides is 4. The number of hydrogen-bond acceptors (Lipinski definition) is 4. The summed E-state index contributed by atoms with van der Waals surface area (Å²) in [5.74, 6) is -1.23. The van der Waals surface area contributed by atoms with Gasteiger partial charge in [-0.1, -0.05) is 35.9 Å². The monoisotopic (exact) mass is 439 g/mol. The quantitative estimate of drug-likeness (QED) is 0.724. The number of likely N-dealkylation sites (tertiary alicyclic amines) is 1. The molecule has 1 N–H and O–H groups in total. The molecule has 4 amide bonds. The molecule has 0 atom stereocenters. The first kappa shape index (κ1) is 21.1. The standard InChI is InChI=1S/C23H22ClN3O4/c24-16-7-5-15(6-8-16)13-21(29)26-11-9-17(10-12-26)25-20(28)14-27-22(30)18-3-1-2-4-19(18)23(27)31/h1-8,17H,9-14H2,(H,25,28). The first-order chi connectivity index (χ1) is 14.9. The molecule has 160 valence electrons. The second kappa shape index (κ2) is 8.89. The Bertz CT molecular complexity index is 994. The van der Waals surface area contributed by atoms with Crippen molar-refractivity contribution in [1.82, 2.24) is 15.1 Å². The van der Waals surface area contributed by atoms with Crippen LogP contribution in [0.25, 0.3) is 0 Å². The molecule has 8 heteroatoms. The van der Waals surface area contributed by atoms with Crippen molar-refractivity contribution in [3.63, 3.8) is 0 Å². The van der Waals surface area contributed by atoms with Crippen LogP contribution >= 0.6 is 11.6 Å². The molecule has 1 fully saturated rings. The average Bonchev–Trinajstić information content (AvgIpc) is 3.01. The molecule has 0 unspecified atom stereocenters. The van der Waals surface area contributed by atoms with E-state index in [1.54, 1.807) is 41.3 Å². The third-order valence-corrected chi connectivity index (χ3v) is 5.91. The van der Waals surface area contributed by atoms with Crippen LogP contribution in [0, 0.1) is 0 Å². The number of halogens is 1. The normalized spacial score (nSPS) is 16.4. The van der Waals surface area contributed by atoms with E-state index >= 15 is 0 Å². The molecule has 0 radical (unpaired) electrons. The number of piperidine rings is 1. The number of carbonyl (C=O) groups excluding carboxylic acids is 4. The maximum Gasteiger partial charge on any atom is 0.262 e. The molecule has 0 bridgehead atoms. The summed E-state index contributed by atoms with van der Waals surface area (Å²) in [4.78, 5) is 52.5. The molecule has 1 saturated heterocycles. The molecule has 0 saturated carbocycles. The van der Waals surface area contributed by atoms with E-state index in [1.165, 1.54) is 0 Å². The molecule has 7 nitrogen and oxygen atoms in total. The highest BCUT2D eigenvalue weighted by atomic mass is 35.5. The average molecular weight is 440 g/mol. The Hall–Kier alpha value is -3.19. The highest BCUT2D eigenvalue weighted by molar-refractivity contribution is 6.30. The fourth-order valence-electron chi connectivity index (χ4n) is 3.96. The number of fused-ring (bicyclic) bond motifs is 1. The van der Waals surface area contributed by atoms with Gasteiger partial charge >= 0.3 is 0 Å². The van der Waals surface area contributed by atoms with Crippen LogP contribution in [0.5, 0.6) is 0 Å². The molecule has 2 aliphatic heterocycles. The van der Waals surface area contributed by atoms with E-state index in [0.29, 0.717) is 48.5 Å². The summed E-state index contributed by atoms with van der Waals surface area (Å²) in [6.07, 6.45) is 1.56. The maximum absolute atomic E-state index is 12.5. The van der Waals surface area contributed by atoms with Gasteiger partial charge in [-0.25, -0.2) is 0 Å². The Morgan fingerprint density at radius 3 is 2.10 bits per heavy atom. The number of hydrogen-bond donors (Lipinski definition) is 1. The largest absolute Gasteiger partial charge is 0.352 e. The van der Waals surface area contributed by atoms with Gasteiger partial charge in [-0.05, 0) is 42.7 Å². The van der Waals surface area contributed by atoms with Crippen molar-refractivity contribution >= 4 is 35.2 Å². The SMILES string of the molecule is O=C(CN1C(=O)c2ccccc2C1=O)NC1CCN(C(=O)Cc2ccc(Cl)cc2)CC1. The minimum Gasteiger partial charge on any atom is -0.352 e. The molecule has 0 aliphatic carbocycles. The Morgan fingerprint density at radius 1 is 0.935 bits per heavy atom. The van der Waals surface area contributed by atoms with Crippen molar-refractivity contribution < 1.29 is 19.2 Å². The van der Waals surface area contributed by atoms with E-state index in [2.05, 4.69) is 5.32 Å². The number of nitrogens with zero attached hydrogens (tertiary/aromatic N) is 2. The van der Waals surface area contributed by atoms with Crippen molar-refractivity contribution in [1.29, 1.82) is 0 Å². The highest BCUT2D eigenvalue weighted by Crippen LogP contribution is 2.22. The van der Waals surface area contributed by atoms with Crippen molar-refractivity contribution in [3.8, 4) is 0 Å². The molecule has 0 spiro atoms. The minimum atomic E-state index is -0.446. The van der Waals surface area contributed by atoms with Gasteiger partial charge in [0.25, 0.3) is 11.8 Å². The third kappa shape index (κ3) is 4.61. The lowest BCUT2D eigenvalue weighted by atomic mass is 10.0. The van der Waals surface area contributed by atoms with Gasteiger partial charge < -0.3 is 10.2 Å². The van der Waals surface area contributed by atoms with E-state index in [9.17, 15) is 19.2 Å². The minimum absolute atomic E-state index is 0.0399. The second-order valence-corrected chi connectivity index (χ2v) is 8.20. The topological polar surface area (TPSA) is 86.8 Å². The van der Waals surface area contributed by atoms with Crippen LogP contribution in [0.1, 0.15) is 39.1 Å². The molecular formula is C23H22ClN3O4. The number of carbonyl (C=O) groups is 4. The summed E-state index contributed by atoms with van der Waals surface area (Å²) < 4.78 is 0. The Kier molecular flexibility index (Phi) is 6.04. The number of benzene rings is 2. The van der Waals surface area contributed by atoms with Crippen LogP contribution in [0.2, 0.25) is 5.02 Å². The van der Waals surface area contributed by atoms with E-state index in [1.807, 2.05) is 12.1 Å². The van der Waals surface area contributed by atoms with Gasteiger partial charge in [-0.2, -0.15) is 0 Å². The number of nitrogens with one attached hydrogen (secondary N) is 1. The van der Waals surface area contributed by atoms with Crippen LogP contribution < -0.4 is 5.32 Å². The first-order valence-corrected chi connectivity index (χ1v) is 10.6. The molecule has 31 heavy (non-hydrogen) atoms. The third-order valence-electron chi connectivity index (χ3n) is 5.66. The summed E-state index contributed by atoms with van der Waals surface area (Å²) in [7, 11) is 0. The molecule has 2 aromatic rings. The van der Waals surface area contributed by atoms with Gasteiger partial charge in [0.1, 0.15) is 6.54 Å². The van der Waals surface area contributed by atoms with Crippen LogP contribution in [0.15, 0.2) is 48.5 Å². The van der Waals surface area contributed by atoms with Crippen molar-refractivity contribution in [2.24, 2.45) is 0 Å². The molecule has 4 rings (SSSR count). The lowest BCUT2D eigenvalue weighted by molar-refractivity contribution is -0.131. The molecule has 0 aromatic heterocycles. The molecule has 2 aliphatic rings. The second-order valence-electron chi connectivity index (χ2n) is 7.77. The molecule has 2 aromatic carbocycles. The van der Waals surface area contributed by atoms with E-state index in [0.717, 1.165) is 10.5 Å². The summed E-state index contributed by atoms with van der Waals surface area (Å²) in [6.45, 7) is 0.789. The van der Waals surface area contributed by atoms with Gasteiger partial charge in [0.15, 0.2) is 0 Å². The predicted octanol–water partition coefficient (Wildman–Crippen LogP) is 2.29. The lowest BCUT2D eigenvalue weighted by Gasteiger charge is -2.32. The summed E-state index contributed by atoms with van der Waals surface area (Å²) in [6, 6.07) is 13.7. The lowest BCUT2D eigenvalue weighted by Crippen LogP contribution is -2.49. The van der Waals surface area contributed by atoms with Crippen LogP contribution in [0.3, 0.4) is 0 Å². The maximum atomic E-state index is 12.5. The predicted molar refractivity (Wildman–Crippen MR) is 115 cm³/mol. The van der Waals surface area contributed by atoms with Crippen molar-refractivity contribution in [2.45, 2.75) is 25.3 Å². The Labute approximate surface area is 185 Å². The van der Waals surface area contributed by atoms with Gasteiger partial charge in [0.2, 0.25) is 11.8 Å². The number of rotatable bonds is 5. The van der Waals surface area contributed by atoms with E-state index < -0.39 is 11.8 Å². The Balaban J connectivity index is 1.25. The van der Waals surface area contributed by atoms with Gasteiger partial charge in [0.05, 0.1) is 17.5 Å². The zero-order chi connectivity index (χ0) is 22.0. The smallest absolute Gasteiger partial charge is 0.262 e. The highest BCUT2D eigenvalue weighted by Gasteiger charge is 2.36. The fraction of sp³-hybridized carbons (Fsp3) is 0.304. The van der Waals surface area contributed by atoms with Crippen LogP contribution in [-0.2, 0) is 16.0 Å². The zero-order valence-corrected chi connectivity index (χ0v) is 17.6. The van der Waals surface area contributed by atoms with E-state index in [4.69, 9.17) is 11.6 Å². The van der Waals surface area contributed by atoms with Gasteiger partial charge in [0, 0.05) is 24.2 Å². The zero-order valence-electron chi connectivity index (χ0n) is 16.8. The van der Waals surface area contributed by atoms with Crippen molar-refractivity contribution in [3.05, 3.63) is 70.2 Å². The molecular weight excluding hydrogens is 418 g/mol. The fourth-order valence-corrected chi connectivity index (χ4v) is 4.09. The van der Waals surface area contributed by atoms with Crippen LogP contribution in [-0.4, -0.2) is 59.1 Å². The Morgan fingerprint density at radius 2 is 1.52 bits per heavy atom. The van der Waals surface area contributed by atoms with Gasteiger partial charge in [-0.15, -0.1) is 0 Å². The summed E-state index contributed by atoms with van der Waals surface area (Å²) in [5.41, 5.74) is 1.56. The van der Waals surface area contributed by atoms with Crippen molar-refractivity contribution in [2.75, 3.05) is 19.6 Å². The van der Waals surface area contributed by atoms with Crippen LogP contribution in [0.4, 0.5) is 0 Å². The molecule has 2 heterocycles. The van der Waals surface area contributed by atoms with E-state index in [-0.39, 0.29) is 24.4 Å². The summed E-state index contributed by atoms with van der Waals surface area (Å²) >= 11 is 5.88. The first-order valence-electron chi connectivity index (χ1n) is 10.2. The number of imide groups is 1. The van der Waals surface area contributed by atoms with Gasteiger partial charge in [-0.3, -0.25) is 24.1 Å².